The average molecular weight is 337 g/mol. The first kappa shape index (κ1) is 16.4. The van der Waals surface area contributed by atoms with Crippen molar-refractivity contribution in [2.24, 2.45) is 0 Å². The van der Waals surface area contributed by atoms with Crippen molar-refractivity contribution in [3.63, 3.8) is 0 Å². The van der Waals surface area contributed by atoms with Gasteiger partial charge in [0.25, 0.3) is 0 Å². The molecular formula is C17H14Cl2O3. The van der Waals surface area contributed by atoms with Crippen molar-refractivity contribution < 1.29 is 14.3 Å². The number of halogens is 2. The van der Waals surface area contributed by atoms with Crippen LogP contribution >= 0.6 is 23.2 Å². The summed E-state index contributed by atoms with van der Waals surface area (Å²) < 4.78 is 10.4. The van der Waals surface area contributed by atoms with E-state index in [4.69, 9.17) is 32.7 Å². The maximum Gasteiger partial charge on any atom is 0.193 e. The number of hydrogen-bond acceptors (Lipinski definition) is 3. The van der Waals surface area contributed by atoms with E-state index in [-0.39, 0.29) is 5.78 Å². The van der Waals surface area contributed by atoms with Crippen LogP contribution in [0.5, 0.6) is 11.5 Å². The van der Waals surface area contributed by atoms with Crippen molar-refractivity contribution in [3.8, 4) is 11.5 Å². The molecule has 0 spiro atoms. The van der Waals surface area contributed by atoms with E-state index in [1.54, 1.807) is 42.5 Å². The van der Waals surface area contributed by atoms with Gasteiger partial charge in [-0.25, -0.2) is 0 Å². The van der Waals surface area contributed by atoms with Crippen LogP contribution in [0.15, 0.2) is 42.5 Å². The molecule has 0 heterocycles. The fourth-order valence-corrected chi connectivity index (χ4v) is 2.53. The Morgan fingerprint density at radius 3 is 1.95 bits per heavy atom. The molecule has 0 N–H and O–H groups in total. The van der Waals surface area contributed by atoms with Gasteiger partial charge in [0, 0.05) is 15.6 Å². The highest BCUT2D eigenvalue weighted by Crippen LogP contribution is 2.30. The van der Waals surface area contributed by atoms with Gasteiger partial charge in [-0.1, -0.05) is 35.3 Å². The highest BCUT2D eigenvalue weighted by atomic mass is 35.5. The van der Waals surface area contributed by atoms with E-state index in [2.05, 4.69) is 0 Å². The number of ether oxygens (including phenoxy) is 2. The molecule has 2 rings (SSSR count). The molecule has 0 unspecified atom stereocenters. The third-order valence-corrected chi connectivity index (χ3v) is 3.73. The standard InChI is InChI=1S/C17H14Cl2O3/c1-21-15-7-4-8-16(22-2)17(15)14(20)10-9-11-12(18)5-3-6-13(11)19/h3-10H,1-2H3/b10-9+. The van der Waals surface area contributed by atoms with Crippen LogP contribution in [0.2, 0.25) is 10.0 Å². The Morgan fingerprint density at radius 2 is 1.45 bits per heavy atom. The Balaban J connectivity index is 2.39. The molecular weight excluding hydrogens is 323 g/mol. The van der Waals surface area contributed by atoms with Crippen molar-refractivity contribution in [2.45, 2.75) is 0 Å². The van der Waals surface area contributed by atoms with Gasteiger partial charge < -0.3 is 9.47 Å². The van der Waals surface area contributed by atoms with Crippen molar-refractivity contribution >= 4 is 35.1 Å². The Labute approximate surface area is 139 Å². The Bertz CT molecular complexity index is 681. The number of ketones is 1. The van der Waals surface area contributed by atoms with E-state index < -0.39 is 0 Å². The molecule has 0 atom stereocenters. The van der Waals surface area contributed by atoms with Crippen LogP contribution < -0.4 is 9.47 Å². The molecule has 0 saturated carbocycles. The zero-order valence-corrected chi connectivity index (χ0v) is 13.6. The van der Waals surface area contributed by atoms with E-state index in [1.165, 1.54) is 20.3 Å². The predicted octanol–water partition coefficient (Wildman–Crippen LogP) is 4.91. The van der Waals surface area contributed by atoms with Crippen molar-refractivity contribution in [3.05, 3.63) is 63.6 Å². The molecule has 0 fully saturated rings. The van der Waals surface area contributed by atoms with E-state index in [0.29, 0.717) is 32.7 Å². The summed E-state index contributed by atoms with van der Waals surface area (Å²) in [5.41, 5.74) is 0.944. The Kier molecular flexibility index (Phi) is 5.47. The molecule has 2 aromatic carbocycles. The van der Waals surface area contributed by atoms with Gasteiger partial charge in [-0.05, 0) is 36.4 Å². The molecule has 0 aliphatic heterocycles. The summed E-state index contributed by atoms with van der Waals surface area (Å²) in [5, 5.41) is 0.951. The smallest absolute Gasteiger partial charge is 0.193 e. The number of carbonyl (C=O) groups excluding carboxylic acids is 1. The van der Waals surface area contributed by atoms with E-state index in [0.717, 1.165) is 0 Å². The molecule has 114 valence electrons. The monoisotopic (exact) mass is 336 g/mol. The lowest BCUT2D eigenvalue weighted by Gasteiger charge is -2.10. The molecule has 0 saturated heterocycles. The zero-order valence-electron chi connectivity index (χ0n) is 12.1. The first-order valence-corrected chi connectivity index (χ1v) is 7.21. The molecule has 0 aliphatic rings. The maximum absolute atomic E-state index is 12.5. The number of rotatable bonds is 5. The quantitative estimate of drug-likeness (QED) is 0.575. The van der Waals surface area contributed by atoms with Crippen LogP contribution in [0, 0.1) is 0 Å². The number of carbonyl (C=O) groups is 1. The number of hydrogen-bond donors (Lipinski definition) is 0. The summed E-state index contributed by atoms with van der Waals surface area (Å²) in [6, 6.07) is 10.3. The average Bonchev–Trinajstić information content (AvgIpc) is 2.53. The van der Waals surface area contributed by atoms with Gasteiger partial charge in [0.1, 0.15) is 17.1 Å². The van der Waals surface area contributed by atoms with Crippen LogP contribution in [0.3, 0.4) is 0 Å². The fourth-order valence-electron chi connectivity index (χ4n) is 2.01. The van der Waals surface area contributed by atoms with Gasteiger partial charge in [0.15, 0.2) is 5.78 Å². The van der Waals surface area contributed by atoms with E-state index >= 15 is 0 Å². The summed E-state index contributed by atoms with van der Waals surface area (Å²) in [4.78, 5) is 12.5. The summed E-state index contributed by atoms with van der Waals surface area (Å²) in [6.45, 7) is 0. The molecule has 3 nitrogen and oxygen atoms in total. The topological polar surface area (TPSA) is 35.5 Å². The SMILES string of the molecule is COc1cccc(OC)c1C(=O)/C=C/c1c(Cl)cccc1Cl. The van der Waals surface area contributed by atoms with Gasteiger partial charge in [-0.15, -0.1) is 0 Å². The normalized spacial score (nSPS) is 10.7. The summed E-state index contributed by atoms with van der Waals surface area (Å²) in [7, 11) is 3.00. The van der Waals surface area contributed by atoms with Crippen molar-refractivity contribution in [1.29, 1.82) is 0 Å². The van der Waals surface area contributed by atoms with Gasteiger partial charge in [0.05, 0.1) is 14.2 Å². The third kappa shape index (κ3) is 3.43. The second kappa shape index (κ2) is 7.34. The van der Waals surface area contributed by atoms with Crippen LogP contribution in [0.25, 0.3) is 6.08 Å². The van der Waals surface area contributed by atoms with E-state index in [9.17, 15) is 4.79 Å². The van der Waals surface area contributed by atoms with Crippen LogP contribution in [-0.2, 0) is 0 Å². The minimum atomic E-state index is -0.259. The lowest BCUT2D eigenvalue weighted by molar-refractivity contribution is 0.104. The van der Waals surface area contributed by atoms with Gasteiger partial charge in [-0.3, -0.25) is 4.79 Å². The number of benzene rings is 2. The van der Waals surface area contributed by atoms with Crippen molar-refractivity contribution in [1.82, 2.24) is 0 Å². The zero-order chi connectivity index (χ0) is 16.1. The lowest BCUT2D eigenvalue weighted by Crippen LogP contribution is -2.02. The van der Waals surface area contributed by atoms with Crippen LogP contribution in [0.1, 0.15) is 15.9 Å². The lowest BCUT2D eigenvalue weighted by atomic mass is 10.1. The van der Waals surface area contributed by atoms with Gasteiger partial charge in [-0.2, -0.15) is 0 Å². The third-order valence-electron chi connectivity index (χ3n) is 3.08. The maximum atomic E-state index is 12.5. The van der Waals surface area contributed by atoms with E-state index in [1.807, 2.05) is 0 Å². The molecule has 22 heavy (non-hydrogen) atoms. The molecule has 5 heteroatoms. The fraction of sp³-hybridized carbons (Fsp3) is 0.118. The van der Waals surface area contributed by atoms with Gasteiger partial charge in [0.2, 0.25) is 0 Å². The molecule has 0 amide bonds. The molecule has 0 aliphatic carbocycles. The Hall–Kier alpha value is -1.97. The number of allylic oxidation sites excluding steroid dienone is 1. The minimum Gasteiger partial charge on any atom is -0.496 e. The Morgan fingerprint density at radius 1 is 0.955 bits per heavy atom. The number of methoxy groups -OCH3 is 2. The largest absolute Gasteiger partial charge is 0.496 e. The second-order valence-electron chi connectivity index (χ2n) is 4.37. The van der Waals surface area contributed by atoms with Crippen molar-refractivity contribution in [2.75, 3.05) is 14.2 Å². The second-order valence-corrected chi connectivity index (χ2v) is 5.18. The molecule has 0 bridgehead atoms. The summed E-state index contributed by atoms with van der Waals surface area (Å²) >= 11 is 12.2. The van der Waals surface area contributed by atoms with Crippen LogP contribution in [0.4, 0.5) is 0 Å². The summed E-state index contributed by atoms with van der Waals surface area (Å²) in [5.74, 6) is 0.629. The first-order valence-electron chi connectivity index (χ1n) is 6.46. The van der Waals surface area contributed by atoms with Gasteiger partial charge >= 0.3 is 0 Å². The molecule has 2 aromatic rings. The summed E-state index contributed by atoms with van der Waals surface area (Å²) in [6.07, 6.45) is 2.98. The highest BCUT2D eigenvalue weighted by Gasteiger charge is 2.16. The minimum absolute atomic E-state index is 0.259. The van der Waals surface area contributed by atoms with Crippen LogP contribution in [-0.4, -0.2) is 20.0 Å². The first-order chi connectivity index (χ1) is 10.6. The highest BCUT2D eigenvalue weighted by molar-refractivity contribution is 6.37. The molecule has 0 aromatic heterocycles. The predicted molar refractivity (Wildman–Crippen MR) is 89.4 cm³/mol. The molecule has 0 radical (unpaired) electrons.